The molecule has 1 saturated carbocycles. The van der Waals surface area contributed by atoms with Crippen LogP contribution < -0.4 is 5.73 Å². The fourth-order valence-corrected chi connectivity index (χ4v) is 3.14. The molecule has 1 atom stereocenters. The molecule has 1 aliphatic carbocycles. The molecule has 96 valence electrons. The van der Waals surface area contributed by atoms with Crippen LogP contribution in [0.25, 0.3) is 5.65 Å². The van der Waals surface area contributed by atoms with E-state index in [1.165, 1.54) is 25.7 Å². The summed E-state index contributed by atoms with van der Waals surface area (Å²) in [6.45, 7) is 4.67. The number of nitrogens with zero attached hydrogens (tertiary/aromatic N) is 3. The van der Waals surface area contributed by atoms with Gasteiger partial charge in [0.05, 0.1) is 0 Å². The van der Waals surface area contributed by atoms with E-state index in [1.807, 2.05) is 18.3 Å². The number of hydrogen-bond donors (Lipinski definition) is 1. The second-order valence-corrected chi connectivity index (χ2v) is 6.04. The molecule has 0 saturated heterocycles. The van der Waals surface area contributed by atoms with Crippen molar-refractivity contribution >= 4 is 11.3 Å². The van der Waals surface area contributed by atoms with Crippen LogP contribution in [0.5, 0.6) is 0 Å². The molecule has 0 radical (unpaired) electrons. The zero-order valence-electron chi connectivity index (χ0n) is 11.1. The highest BCUT2D eigenvalue weighted by molar-refractivity contribution is 5.47. The lowest BCUT2D eigenvalue weighted by Crippen LogP contribution is -2.27. The summed E-state index contributed by atoms with van der Waals surface area (Å²) in [6.07, 6.45) is 7.00. The summed E-state index contributed by atoms with van der Waals surface area (Å²) < 4.78 is 2.06. The molecule has 1 unspecified atom stereocenters. The number of anilines is 1. The first kappa shape index (κ1) is 11.5. The third-order valence-electron chi connectivity index (χ3n) is 4.27. The van der Waals surface area contributed by atoms with Gasteiger partial charge < -0.3 is 5.73 Å². The fraction of sp³-hybridized carbons (Fsp3) is 0.571. The Labute approximate surface area is 107 Å². The summed E-state index contributed by atoms with van der Waals surface area (Å²) in [7, 11) is 0. The van der Waals surface area contributed by atoms with Crippen LogP contribution in [-0.4, -0.2) is 14.6 Å². The van der Waals surface area contributed by atoms with Gasteiger partial charge in [0.15, 0.2) is 5.65 Å². The van der Waals surface area contributed by atoms with Crippen molar-refractivity contribution in [1.82, 2.24) is 14.6 Å². The largest absolute Gasteiger partial charge is 0.398 e. The average molecular weight is 244 g/mol. The molecule has 0 aliphatic heterocycles. The Kier molecular flexibility index (Phi) is 2.54. The molecule has 2 N–H and O–H groups in total. The molecule has 0 aromatic carbocycles. The Morgan fingerprint density at radius 3 is 2.89 bits per heavy atom. The van der Waals surface area contributed by atoms with E-state index in [-0.39, 0.29) is 0 Å². The van der Waals surface area contributed by atoms with Crippen LogP contribution in [0.15, 0.2) is 18.3 Å². The smallest absolute Gasteiger partial charge is 0.160 e. The molecule has 3 rings (SSSR count). The van der Waals surface area contributed by atoms with Gasteiger partial charge in [-0.25, -0.2) is 0 Å². The molecule has 18 heavy (non-hydrogen) atoms. The molecule has 0 spiro atoms. The third-order valence-corrected chi connectivity index (χ3v) is 4.27. The van der Waals surface area contributed by atoms with Crippen LogP contribution in [0.3, 0.4) is 0 Å². The summed E-state index contributed by atoms with van der Waals surface area (Å²) in [4.78, 5) is 0. The Hall–Kier alpha value is -1.58. The minimum Gasteiger partial charge on any atom is -0.398 e. The van der Waals surface area contributed by atoms with Crippen molar-refractivity contribution in [3.63, 3.8) is 0 Å². The van der Waals surface area contributed by atoms with Gasteiger partial charge in [0.25, 0.3) is 0 Å². The van der Waals surface area contributed by atoms with Crippen LogP contribution in [0.2, 0.25) is 0 Å². The molecule has 0 bridgehead atoms. The van der Waals surface area contributed by atoms with E-state index in [1.54, 1.807) is 0 Å². The van der Waals surface area contributed by atoms with Gasteiger partial charge in [0, 0.05) is 17.8 Å². The molecule has 1 fully saturated rings. The number of nitrogen functional groups attached to an aromatic ring is 1. The molecule has 2 heterocycles. The van der Waals surface area contributed by atoms with Gasteiger partial charge >= 0.3 is 0 Å². The van der Waals surface area contributed by atoms with E-state index >= 15 is 0 Å². The Morgan fingerprint density at radius 1 is 1.28 bits per heavy atom. The van der Waals surface area contributed by atoms with Gasteiger partial charge in [-0.2, -0.15) is 0 Å². The predicted octanol–water partition coefficient (Wildman–Crippen LogP) is 3.00. The molecule has 2 aromatic rings. The minimum absolute atomic E-state index is 0.297. The molecule has 4 heteroatoms. The van der Waals surface area contributed by atoms with Crippen molar-refractivity contribution in [1.29, 1.82) is 0 Å². The maximum atomic E-state index is 5.87. The molecule has 0 amide bonds. The van der Waals surface area contributed by atoms with Gasteiger partial charge in [0.2, 0.25) is 0 Å². The number of fused-ring (bicyclic) bond motifs is 1. The molecular formula is C14H20N4. The van der Waals surface area contributed by atoms with Gasteiger partial charge in [-0.05, 0) is 30.4 Å². The Morgan fingerprint density at radius 2 is 2.11 bits per heavy atom. The molecular weight excluding hydrogens is 224 g/mol. The van der Waals surface area contributed by atoms with Crippen molar-refractivity contribution < 1.29 is 0 Å². The Bertz CT molecular complexity index is 570. The lowest BCUT2D eigenvalue weighted by atomic mass is 9.68. The third kappa shape index (κ3) is 1.76. The quantitative estimate of drug-likeness (QED) is 0.839. The topological polar surface area (TPSA) is 56.2 Å². The highest BCUT2D eigenvalue weighted by Crippen LogP contribution is 2.46. The summed E-state index contributed by atoms with van der Waals surface area (Å²) >= 11 is 0. The number of rotatable bonds is 1. The second kappa shape index (κ2) is 3.97. The highest BCUT2D eigenvalue weighted by Gasteiger charge is 2.36. The molecule has 4 nitrogen and oxygen atoms in total. The van der Waals surface area contributed by atoms with Crippen molar-refractivity contribution in [3.8, 4) is 0 Å². The summed E-state index contributed by atoms with van der Waals surface area (Å²) in [5.41, 5.74) is 7.82. The molecule has 1 aliphatic rings. The SMILES string of the molecule is CC1(C)CCCCC1c1nnc2ccc(N)cn12. The van der Waals surface area contributed by atoms with Crippen LogP contribution in [0.1, 0.15) is 51.3 Å². The fourth-order valence-electron chi connectivity index (χ4n) is 3.14. The first-order valence-electron chi connectivity index (χ1n) is 6.68. The number of pyridine rings is 1. The Balaban J connectivity index is 2.10. The van der Waals surface area contributed by atoms with Crippen LogP contribution in [-0.2, 0) is 0 Å². The van der Waals surface area contributed by atoms with E-state index in [0.717, 1.165) is 17.2 Å². The second-order valence-electron chi connectivity index (χ2n) is 6.04. The monoisotopic (exact) mass is 244 g/mol. The van der Waals surface area contributed by atoms with E-state index in [2.05, 4.69) is 28.4 Å². The van der Waals surface area contributed by atoms with Gasteiger partial charge in [-0.15, -0.1) is 10.2 Å². The van der Waals surface area contributed by atoms with Crippen LogP contribution in [0, 0.1) is 5.41 Å². The van der Waals surface area contributed by atoms with Gasteiger partial charge in [-0.3, -0.25) is 4.40 Å². The average Bonchev–Trinajstić information content (AvgIpc) is 2.71. The number of aromatic nitrogens is 3. The summed E-state index contributed by atoms with van der Waals surface area (Å²) in [5, 5.41) is 8.67. The first-order chi connectivity index (χ1) is 8.58. The van der Waals surface area contributed by atoms with Crippen LogP contribution in [0.4, 0.5) is 5.69 Å². The summed E-state index contributed by atoms with van der Waals surface area (Å²) in [5.74, 6) is 1.55. The number of hydrogen-bond acceptors (Lipinski definition) is 3. The van der Waals surface area contributed by atoms with E-state index in [0.29, 0.717) is 11.3 Å². The van der Waals surface area contributed by atoms with Gasteiger partial charge in [0.1, 0.15) is 5.82 Å². The molecule has 2 aromatic heterocycles. The van der Waals surface area contributed by atoms with Gasteiger partial charge in [-0.1, -0.05) is 26.7 Å². The predicted molar refractivity (Wildman–Crippen MR) is 72.4 cm³/mol. The maximum Gasteiger partial charge on any atom is 0.160 e. The lowest BCUT2D eigenvalue weighted by Gasteiger charge is -2.37. The van der Waals surface area contributed by atoms with Crippen molar-refractivity contribution in [3.05, 3.63) is 24.2 Å². The highest BCUT2D eigenvalue weighted by atomic mass is 15.2. The zero-order valence-corrected chi connectivity index (χ0v) is 11.1. The first-order valence-corrected chi connectivity index (χ1v) is 6.68. The zero-order chi connectivity index (χ0) is 12.8. The summed E-state index contributed by atoms with van der Waals surface area (Å²) in [6, 6.07) is 3.81. The maximum absolute atomic E-state index is 5.87. The van der Waals surface area contributed by atoms with Crippen molar-refractivity contribution in [2.75, 3.05) is 5.73 Å². The van der Waals surface area contributed by atoms with Crippen molar-refractivity contribution in [2.45, 2.75) is 45.4 Å². The van der Waals surface area contributed by atoms with E-state index < -0.39 is 0 Å². The number of nitrogens with two attached hydrogens (primary N) is 1. The van der Waals surface area contributed by atoms with Crippen molar-refractivity contribution in [2.24, 2.45) is 5.41 Å². The van der Waals surface area contributed by atoms with E-state index in [9.17, 15) is 0 Å². The standard InChI is InChI=1S/C14H20N4/c1-14(2)8-4-3-5-11(14)13-17-16-12-7-6-10(15)9-18(12)13/h6-7,9,11H,3-5,8,15H2,1-2H3. The normalized spacial score (nSPS) is 23.3. The minimum atomic E-state index is 0.297. The lowest BCUT2D eigenvalue weighted by molar-refractivity contribution is 0.191. The van der Waals surface area contributed by atoms with E-state index in [4.69, 9.17) is 5.73 Å². The van der Waals surface area contributed by atoms with Crippen LogP contribution >= 0.6 is 0 Å².